The summed E-state index contributed by atoms with van der Waals surface area (Å²) in [6.45, 7) is 4.50. The van der Waals surface area contributed by atoms with Crippen molar-refractivity contribution in [2.45, 2.75) is 31.8 Å². The number of rotatable bonds is 3. The van der Waals surface area contributed by atoms with E-state index in [4.69, 9.17) is 4.42 Å². The number of fused-ring (bicyclic) bond motifs is 1. The van der Waals surface area contributed by atoms with Crippen LogP contribution < -0.4 is 16.1 Å². The molecule has 9 nitrogen and oxygen atoms in total. The molecule has 3 aliphatic rings. The van der Waals surface area contributed by atoms with Crippen molar-refractivity contribution in [2.24, 2.45) is 5.92 Å². The molecule has 0 aliphatic carbocycles. The molecule has 0 bridgehead atoms. The lowest BCUT2D eigenvalue weighted by Crippen LogP contribution is -2.53. The summed E-state index contributed by atoms with van der Waals surface area (Å²) < 4.78 is 5.98. The highest BCUT2D eigenvalue weighted by molar-refractivity contribution is 5.89. The van der Waals surface area contributed by atoms with Crippen molar-refractivity contribution in [1.82, 2.24) is 36.2 Å². The van der Waals surface area contributed by atoms with Crippen molar-refractivity contribution in [3.63, 3.8) is 0 Å². The zero-order valence-corrected chi connectivity index (χ0v) is 15.7. The maximum absolute atomic E-state index is 12.4. The average molecular weight is 381 g/mol. The van der Waals surface area contributed by atoms with Crippen LogP contribution in [0.3, 0.4) is 0 Å². The SMILES string of the molecule is Cc1cc(-c2nnc(C3CNN4C(C5CCNCC5)=CC(=O)NC34)o2)ccn1. The number of pyridine rings is 1. The van der Waals surface area contributed by atoms with Gasteiger partial charge in [-0.1, -0.05) is 0 Å². The minimum atomic E-state index is -0.227. The minimum absolute atomic E-state index is 0.0621. The van der Waals surface area contributed by atoms with Crippen LogP contribution in [0.5, 0.6) is 0 Å². The van der Waals surface area contributed by atoms with E-state index in [2.05, 4.69) is 36.2 Å². The Morgan fingerprint density at radius 2 is 2.11 bits per heavy atom. The van der Waals surface area contributed by atoms with E-state index in [1.54, 1.807) is 12.3 Å². The van der Waals surface area contributed by atoms with Gasteiger partial charge < -0.3 is 15.1 Å². The van der Waals surface area contributed by atoms with E-state index in [1.165, 1.54) is 0 Å². The van der Waals surface area contributed by atoms with Crippen LogP contribution in [0.4, 0.5) is 0 Å². The monoisotopic (exact) mass is 381 g/mol. The number of nitrogens with one attached hydrogen (secondary N) is 3. The molecule has 9 heteroatoms. The Kier molecular flexibility index (Phi) is 4.33. The van der Waals surface area contributed by atoms with Gasteiger partial charge in [0.05, 0.1) is 5.92 Å². The third-order valence-corrected chi connectivity index (χ3v) is 5.65. The summed E-state index contributed by atoms with van der Waals surface area (Å²) >= 11 is 0. The number of aryl methyl sites for hydroxylation is 1. The second kappa shape index (κ2) is 6.99. The molecule has 3 aliphatic heterocycles. The van der Waals surface area contributed by atoms with E-state index >= 15 is 0 Å². The second-order valence-corrected chi connectivity index (χ2v) is 7.52. The summed E-state index contributed by atoms with van der Waals surface area (Å²) in [4.78, 5) is 16.6. The summed E-state index contributed by atoms with van der Waals surface area (Å²) in [6, 6.07) is 3.76. The van der Waals surface area contributed by atoms with Gasteiger partial charge in [-0.2, -0.15) is 0 Å². The quantitative estimate of drug-likeness (QED) is 0.713. The first kappa shape index (κ1) is 17.3. The molecule has 0 aromatic carbocycles. The smallest absolute Gasteiger partial charge is 0.247 e. The number of aromatic nitrogens is 3. The molecule has 2 saturated heterocycles. The van der Waals surface area contributed by atoms with Crippen molar-refractivity contribution >= 4 is 5.91 Å². The first-order valence-corrected chi connectivity index (χ1v) is 9.71. The normalized spacial score (nSPS) is 25.4. The van der Waals surface area contributed by atoms with Gasteiger partial charge in [-0.05, 0) is 45.0 Å². The van der Waals surface area contributed by atoms with E-state index in [0.29, 0.717) is 24.2 Å². The standard InChI is InChI=1S/C19H23N7O2/c1-11-8-13(4-7-21-11)18-24-25-19(28-18)14-10-22-26-15(9-16(27)23-17(14)26)12-2-5-20-6-3-12/h4,7-9,12,14,17,20,22H,2-3,5-6,10H2,1H3,(H,23,27). The van der Waals surface area contributed by atoms with E-state index in [-0.39, 0.29) is 18.0 Å². The van der Waals surface area contributed by atoms with Crippen LogP contribution in [-0.4, -0.2) is 51.9 Å². The van der Waals surface area contributed by atoms with Gasteiger partial charge in [0, 0.05) is 41.7 Å². The van der Waals surface area contributed by atoms with Gasteiger partial charge in [0.25, 0.3) is 0 Å². The summed E-state index contributed by atoms with van der Waals surface area (Å²) in [6.07, 6.45) is 5.28. The summed E-state index contributed by atoms with van der Waals surface area (Å²) in [5.74, 6) is 1.19. The van der Waals surface area contributed by atoms with E-state index < -0.39 is 0 Å². The number of carbonyl (C=O) groups excluding carboxylic acids is 1. The zero-order chi connectivity index (χ0) is 19.1. The number of piperidine rings is 1. The molecule has 2 aromatic rings. The molecule has 0 spiro atoms. The fraction of sp³-hybridized carbons (Fsp3) is 0.474. The fourth-order valence-electron chi connectivity index (χ4n) is 4.23. The topological polar surface area (TPSA) is 108 Å². The Morgan fingerprint density at radius 1 is 1.25 bits per heavy atom. The molecule has 3 N–H and O–H groups in total. The fourth-order valence-corrected chi connectivity index (χ4v) is 4.23. The van der Waals surface area contributed by atoms with Crippen LogP contribution in [0.15, 0.2) is 34.5 Å². The molecule has 1 amide bonds. The van der Waals surface area contributed by atoms with E-state index in [9.17, 15) is 4.79 Å². The molecule has 5 rings (SSSR count). The number of hydrogen-bond acceptors (Lipinski definition) is 8. The van der Waals surface area contributed by atoms with Gasteiger partial charge in [0.2, 0.25) is 17.7 Å². The van der Waals surface area contributed by atoms with Gasteiger partial charge >= 0.3 is 0 Å². The second-order valence-electron chi connectivity index (χ2n) is 7.52. The molecule has 146 valence electrons. The summed E-state index contributed by atoms with van der Waals surface area (Å²) in [5, 5.41) is 17.0. The molecule has 2 atom stereocenters. The Balaban J connectivity index is 1.40. The lowest BCUT2D eigenvalue weighted by molar-refractivity contribution is -0.119. The van der Waals surface area contributed by atoms with Crippen LogP contribution in [0, 0.1) is 12.8 Å². The highest BCUT2D eigenvalue weighted by Gasteiger charge is 2.44. The highest BCUT2D eigenvalue weighted by Crippen LogP contribution is 2.35. The van der Waals surface area contributed by atoms with Gasteiger partial charge in [0.15, 0.2) is 0 Å². The molecule has 28 heavy (non-hydrogen) atoms. The maximum atomic E-state index is 12.4. The first-order valence-electron chi connectivity index (χ1n) is 9.71. The average Bonchev–Trinajstić information content (AvgIpc) is 3.35. The van der Waals surface area contributed by atoms with Crippen LogP contribution >= 0.6 is 0 Å². The Bertz CT molecular complexity index is 919. The molecular weight excluding hydrogens is 358 g/mol. The van der Waals surface area contributed by atoms with Crippen LogP contribution in [0.2, 0.25) is 0 Å². The van der Waals surface area contributed by atoms with Crippen LogP contribution in [0.25, 0.3) is 11.5 Å². The molecule has 2 unspecified atom stereocenters. The molecule has 0 radical (unpaired) electrons. The zero-order valence-electron chi connectivity index (χ0n) is 15.7. The van der Waals surface area contributed by atoms with Gasteiger partial charge in [-0.25, -0.2) is 5.43 Å². The third-order valence-electron chi connectivity index (χ3n) is 5.65. The molecular formula is C19H23N7O2. The lowest BCUT2D eigenvalue weighted by Gasteiger charge is -2.38. The summed E-state index contributed by atoms with van der Waals surface area (Å²) in [7, 11) is 0. The summed E-state index contributed by atoms with van der Waals surface area (Å²) in [5.41, 5.74) is 6.22. The predicted molar refractivity (Wildman–Crippen MR) is 100 cm³/mol. The van der Waals surface area contributed by atoms with Crippen molar-refractivity contribution in [3.8, 4) is 11.5 Å². The predicted octanol–water partition coefficient (Wildman–Crippen LogP) is 0.683. The van der Waals surface area contributed by atoms with Crippen molar-refractivity contribution in [2.75, 3.05) is 19.6 Å². The number of nitrogens with zero attached hydrogens (tertiary/aromatic N) is 4. The minimum Gasteiger partial charge on any atom is -0.420 e. The van der Waals surface area contributed by atoms with Gasteiger partial charge in [0.1, 0.15) is 6.17 Å². The molecule has 0 saturated carbocycles. The van der Waals surface area contributed by atoms with E-state index in [0.717, 1.165) is 42.9 Å². The number of hydrazine groups is 1. The Hall–Kier alpha value is -2.78. The van der Waals surface area contributed by atoms with Crippen molar-refractivity contribution in [3.05, 3.63) is 41.7 Å². The molecule has 2 fully saturated rings. The number of hydrogen-bond donors (Lipinski definition) is 3. The highest BCUT2D eigenvalue weighted by atomic mass is 16.4. The molecule has 5 heterocycles. The largest absolute Gasteiger partial charge is 0.420 e. The van der Waals surface area contributed by atoms with Crippen LogP contribution in [-0.2, 0) is 4.79 Å². The number of amides is 1. The Labute approximate surface area is 162 Å². The lowest BCUT2D eigenvalue weighted by atomic mass is 9.92. The van der Waals surface area contributed by atoms with Crippen LogP contribution in [0.1, 0.15) is 30.3 Å². The van der Waals surface area contributed by atoms with E-state index in [1.807, 2.05) is 19.1 Å². The first-order chi connectivity index (χ1) is 13.7. The van der Waals surface area contributed by atoms with Gasteiger partial charge in [-0.15, -0.1) is 10.2 Å². The number of allylic oxidation sites excluding steroid dienone is 1. The molecule has 2 aromatic heterocycles. The number of carbonyl (C=O) groups is 1. The van der Waals surface area contributed by atoms with Crippen molar-refractivity contribution < 1.29 is 9.21 Å². The van der Waals surface area contributed by atoms with Crippen molar-refractivity contribution in [1.29, 1.82) is 0 Å². The maximum Gasteiger partial charge on any atom is 0.247 e. The van der Waals surface area contributed by atoms with Gasteiger partial charge in [-0.3, -0.25) is 14.8 Å². The Morgan fingerprint density at radius 3 is 2.93 bits per heavy atom. The third kappa shape index (κ3) is 3.06.